The Hall–Kier alpha value is -1.42. The molecule has 0 saturated heterocycles. The number of hydrogen-bond acceptors (Lipinski definition) is 2. The summed E-state index contributed by atoms with van der Waals surface area (Å²) < 4.78 is 12.7. The normalized spacial score (nSPS) is 12.5. The summed E-state index contributed by atoms with van der Waals surface area (Å²) in [4.78, 5) is 10.6. The summed E-state index contributed by atoms with van der Waals surface area (Å²) >= 11 is 0. The Balaban J connectivity index is 2.98. The third-order valence-corrected chi connectivity index (χ3v) is 1.78. The number of rotatable bonds is 3. The number of nitrogens with two attached hydrogens (primary N) is 1. The van der Waals surface area contributed by atoms with Gasteiger partial charge in [-0.15, -0.1) is 0 Å². The van der Waals surface area contributed by atoms with E-state index in [0.29, 0.717) is 5.56 Å². The van der Waals surface area contributed by atoms with Crippen LogP contribution in [0.4, 0.5) is 4.39 Å². The summed E-state index contributed by atoms with van der Waals surface area (Å²) in [5, 5.41) is 8.72. The number of hydrogen-bond donors (Lipinski definition) is 2. The zero-order valence-corrected chi connectivity index (χ0v) is 6.90. The summed E-state index contributed by atoms with van der Waals surface area (Å²) in [6, 6.07) is 5.47. The molecule has 0 aliphatic heterocycles. The predicted molar refractivity (Wildman–Crippen MR) is 45.8 cm³/mol. The van der Waals surface area contributed by atoms with E-state index >= 15 is 0 Å². The van der Waals surface area contributed by atoms with Gasteiger partial charge in [0.25, 0.3) is 0 Å². The minimum Gasteiger partial charge on any atom is -0.481 e. The molecule has 1 atom stereocenters. The lowest BCUT2D eigenvalue weighted by Crippen LogP contribution is -2.21. The topological polar surface area (TPSA) is 63.3 Å². The summed E-state index contributed by atoms with van der Waals surface area (Å²) in [5.41, 5.74) is 5.65. The summed E-state index contributed by atoms with van der Waals surface area (Å²) in [7, 11) is 0. The van der Waals surface area contributed by atoms with E-state index in [1.807, 2.05) is 0 Å². The monoisotopic (exact) mass is 183 g/mol. The van der Waals surface area contributed by atoms with Crippen molar-refractivity contribution in [3.8, 4) is 0 Å². The number of aliphatic carboxylic acids is 1. The second-order valence-corrected chi connectivity index (χ2v) is 2.68. The lowest BCUT2D eigenvalue weighted by Gasteiger charge is -2.09. The first kappa shape index (κ1) is 9.67. The maximum Gasteiger partial charge on any atom is 0.312 e. The average Bonchev–Trinajstić information content (AvgIpc) is 2.04. The molecule has 0 amide bonds. The Bertz CT molecular complexity index is 314. The van der Waals surface area contributed by atoms with Crippen molar-refractivity contribution in [2.75, 3.05) is 6.54 Å². The smallest absolute Gasteiger partial charge is 0.312 e. The first-order valence-corrected chi connectivity index (χ1v) is 3.83. The third kappa shape index (κ3) is 2.26. The first-order valence-electron chi connectivity index (χ1n) is 3.83. The van der Waals surface area contributed by atoms with E-state index in [1.165, 1.54) is 18.2 Å². The van der Waals surface area contributed by atoms with Crippen molar-refractivity contribution in [2.24, 2.45) is 5.73 Å². The van der Waals surface area contributed by atoms with Crippen molar-refractivity contribution in [3.63, 3.8) is 0 Å². The fourth-order valence-corrected chi connectivity index (χ4v) is 1.10. The number of carbonyl (C=O) groups is 1. The molecular formula is C9H10FNO2. The molecule has 0 bridgehead atoms. The standard InChI is InChI=1S/C9H10FNO2/c10-7-3-1-2-6(4-7)8(5-11)9(12)13/h1-4,8H,5,11H2,(H,12,13). The molecule has 0 heterocycles. The molecule has 1 aromatic rings. The fraction of sp³-hybridized carbons (Fsp3) is 0.222. The molecule has 1 rings (SSSR count). The van der Waals surface area contributed by atoms with Gasteiger partial charge in [-0.1, -0.05) is 12.1 Å². The maximum absolute atomic E-state index is 12.7. The molecule has 0 aliphatic rings. The highest BCUT2D eigenvalue weighted by Gasteiger charge is 2.17. The number of halogens is 1. The highest BCUT2D eigenvalue weighted by molar-refractivity contribution is 5.76. The molecule has 0 spiro atoms. The third-order valence-electron chi connectivity index (χ3n) is 1.78. The number of carboxylic acids is 1. The highest BCUT2D eigenvalue weighted by atomic mass is 19.1. The van der Waals surface area contributed by atoms with Crippen molar-refractivity contribution in [3.05, 3.63) is 35.6 Å². The Morgan fingerprint density at radius 3 is 2.77 bits per heavy atom. The molecule has 1 unspecified atom stereocenters. The quantitative estimate of drug-likeness (QED) is 0.733. The van der Waals surface area contributed by atoms with Crippen LogP contribution in [0.5, 0.6) is 0 Å². The summed E-state index contributed by atoms with van der Waals surface area (Å²) in [6.07, 6.45) is 0. The largest absolute Gasteiger partial charge is 0.481 e. The molecular weight excluding hydrogens is 173 g/mol. The SMILES string of the molecule is NCC(C(=O)O)c1cccc(F)c1. The lowest BCUT2D eigenvalue weighted by molar-refractivity contribution is -0.138. The van der Waals surface area contributed by atoms with Crippen LogP contribution in [-0.4, -0.2) is 17.6 Å². The molecule has 1 aromatic carbocycles. The minimum absolute atomic E-state index is 0.0290. The molecule has 0 saturated carbocycles. The fourth-order valence-electron chi connectivity index (χ4n) is 1.10. The Morgan fingerprint density at radius 1 is 1.62 bits per heavy atom. The van der Waals surface area contributed by atoms with E-state index in [4.69, 9.17) is 10.8 Å². The zero-order chi connectivity index (χ0) is 9.84. The Kier molecular flexibility index (Phi) is 2.97. The highest BCUT2D eigenvalue weighted by Crippen LogP contribution is 2.15. The van der Waals surface area contributed by atoms with Gasteiger partial charge in [-0.05, 0) is 17.7 Å². The van der Waals surface area contributed by atoms with E-state index in [2.05, 4.69) is 0 Å². The Labute approximate surface area is 75.0 Å². The van der Waals surface area contributed by atoms with E-state index < -0.39 is 17.7 Å². The predicted octanol–water partition coefficient (Wildman–Crippen LogP) is 0.953. The van der Waals surface area contributed by atoms with Crippen molar-refractivity contribution >= 4 is 5.97 Å². The van der Waals surface area contributed by atoms with E-state index in [0.717, 1.165) is 0 Å². The minimum atomic E-state index is -1.03. The van der Waals surface area contributed by atoms with Crippen LogP contribution in [0.15, 0.2) is 24.3 Å². The van der Waals surface area contributed by atoms with Gasteiger partial charge in [-0.25, -0.2) is 4.39 Å². The lowest BCUT2D eigenvalue weighted by atomic mass is 10.00. The van der Waals surface area contributed by atoms with E-state index in [-0.39, 0.29) is 6.54 Å². The van der Waals surface area contributed by atoms with Crippen LogP contribution in [0.2, 0.25) is 0 Å². The van der Waals surface area contributed by atoms with Gasteiger partial charge in [-0.3, -0.25) is 4.79 Å². The van der Waals surface area contributed by atoms with Gasteiger partial charge >= 0.3 is 5.97 Å². The molecule has 13 heavy (non-hydrogen) atoms. The molecule has 0 fully saturated rings. The maximum atomic E-state index is 12.7. The first-order chi connectivity index (χ1) is 6.15. The second-order valence-electron chi connectivity index (χ2n) is 2.68. The molecule has 3 nitrogen and oxygen atoms in total. The number of benzene rings is 1. The average molecular weight is 183 g/mol. The van der Waals surface area contributed by atoms with Crippen LogP contribution in [0.25, 0.3) is 0 Å². The van der Waals surface area contributed by atoms with Crippen molar-refractivity contribution < 1.29 is 14.3 Å². The van der Waals surface area contributed by atoms with Gasteiger partial charge < -0.3 is 10.8 Å². The van der Waals surface area contributed by atoms with Crippen molar-refractivity contribution in [1.82, 2.24) is 0 Å². The summed E-state index contributed by atoms with van der Waals surface area (Å²) in [5.74, 6) is -2.30. The van der Waals surface area contributed by atoms with Gasteiger partial charge in [0.2, 0.25) is 0 Å². The van der Waals surface area contributed by atoms with Crippen LogP contribution in [0.1, 0.15) is 11.5 Å². The van der Waals surface area contributed by atoms with Crippen molar-refractivity contribution in [1.29, 1.82) is 0 Å². The second kappa shape index (κ2) is 4.00. The van der Waals surface area contributed by atoms with Crippen LogP contribution >= 0.6 is 0 Å². The molecule has 3 N–H and O–H groups in total. The van der Waals surface area contributed by atoms with Crippen molar-refractivity contribution in [2.45, 2.75) is 5.92 Å². The van der Waals surface area contributed by atoms with Gasteiger partial charge in [0.1, 0.15) is 5.82 Å². The van der Waals surface area contributed by atoms with Gasteiger partial charge in [0.15, 0.2) is 0 Å². The molecule has 70 valence electrons. The van der Waals surface area contributed by atoms with Crippen LogP contribution in [0, 0.1) is 5.82 Å². The summed E-state index contributed by atoms with van der Waals surface area (Å²) in [6.45, 7) is -0.0290. The molecule has 0 aliphatic carbocycles. The van der Waals surface area contributed by atoms with E-state index in [9.17, 15) is 9.18 Å². The molecule has 0 radical (unpaired) electrons. The van der Waals surface area contributed by atoms with Gasteiger partial charge in [0.05, 0.1) is 5.92 Å². The van der Waals surface area contributed by atoms with Crippen LogP contribution in [0.3, 0.4) is 0 Å². The van der Waals surface area contributed by atoms with E-state index in [1.54, 1.807) is 6.07 Å². The van der Waals surface area contributed by atoms with Crippen LogP contribution in [-0.2, 0) is 4.79 Å². The van der Waals surface area contributed by atoms with Crippen LogP contribution < -0.4 is 5.73 Å². The van der Waals surface area contributed by atoms with Gasteiger partial charge in [-0.2, -0.15) is 0 Å². The molecule has 4 heteroatoms. The Morgan fingerprint density at radius 2 is 2.31 bits per heavy atom. The van der Waals surface area contributed by atoms with Gasteiger partial charge in [0, 0.05) is 6.54 Å². The zero-order valence-electron chi connectivity index (χ0n) is 6.90. The number of carboxylic acid groups (broad SMARTS) is 1. The molecule has 0 aromatic heterocycles.